The second kappa shape index (κ2) is 15.2. The van der Waals surface area contributed by atoms with Crippen LogP contribution in [0.3, 0.4) is 0 Å². The number of hydrogen-bond donors (Lipinski definition) is 3. The molecule has 0 spiro atoms. The summed E-state index contributed by atoms with van der Waals surface area (Å²) in [5.74, 6) is 0.510. The van der Waals surface area contributed by atoms with Crippen LogP contribution in [0, 0.1) is 5.92 Å². The molecular formula is C34H43N9O4S. The first-order valence-electron chi connectivity index (χ1n) is 16.8. The zero-order valence-corrected chi connectivity index (χ0v) is 28.0. The maximum atomic E-state index is 13.5. The van der Waals surface area contributed by atoms with E-state index >= 15 is 0 Å². The molecule has 4 aromatic rings. The number of sulfonamides is 1. The van der Waals surface area contributed by atoms with Gasteiger partial charge in [-0.1, -0.05) is 67.6 Å². The molecule has 2 aliphatic rings. The van der Waals surface area contributed by atoms with Crippen LogP contribution in [0.2, 0.25) is 0 Å². The van der Waals surface area contributed by atoms with Crippen LogP contribution in [0.1, 0.15) is 73.7 Å². The van der Waals surface area contributed by atoms with Gasteiger partial charge in [0, 0.05) is 31.2 Å². The molecule has 2 aromatic carbocycles. The minimum Gasteiger partial charge on any atom is -0.364 e. The van der Waals surface area contributed by atoms with Crippen molar-refractivity contribution in [2.45, 2.75) is 76.4 Å². The first kappa shape index (κ1) is 33.5. The molecule has 3 heterocycles. The lowest BCUT2D eigenvalue weighted by molar-refractivity contribution is -0.124. The SMILES string of the molecule is CS(=O)(=O)N1CCCC(NC(=O)C(CCC2CCCCC2)NC(=O)c2ccc(CNc3ncnc4c3nnn4-c3ccccc3)cc2)C1. The number of fused-ring (bicyclic) bond motifs is 1. The van der Waals surface area contributed by atoms with Gasteiger partial charge < -0.3 is 16.0 Å². The quantitative estimate of drug-likeness (QED) is 0.203. The molecule has 2 aromatic heterocycles. The van der Waals surface area contributed by atoms with E-state index in [1.807, 2.05) is 42.5 Å². The Morgan fingerprint density at radius 2 is 1.73 bits per heavy atom. The third-order valence-corrected chi connectivity index (χ3v) is 10.6. The summed E-state index contributed by atoms with van der Waals surface area (Å²) in [6.45, 7) is 1.14. The number of carbonyl (C=O) groups excluding carboxylic acids is 2. The van der Waals surface area contributed by atoms with Gasteiger partial charge in [0.1, 0.15) is 12.4 Å². The summed E-state index contributed by atoms with van der Waals surface area (Å²) in [6.07, 6.45) is 11.4. The smallest absolute Gasteiger partial charge is 0.251 e. The summed E-state index contributed by atoms with van der Waals surface area (Å²) in [5.41, 5.74) is 3.36. The number of aromatic nitrogens is 5. The standard InChI is InChI=1S/C34H43N9O4S/c1-48(46,47)42-20-8-11-27(22-42)38-34(45)29(19-16-24-9-4-2-5-10-24)39-33(44)26-17-14-25(15-18-26)21-35-31-30-32(37-23-36-31)43(41-40-30)28-12-6-3-7-13-28/h3,6-7,12-15,17-18,23-24,27,29H,2,4-5,8-11,16,19-22H2,1H3,(H,38,45)(H,39,44)(H,35,36,37). The number of nitrogens with zero attached hydrogens (tertiary/aromatic N) is 6. The van der Waals surface area contributed by atoms with Crippen LogP contribution in [0.5, 0.6) is 0 Å². The first-order valence-corrected chi connectivity index (χ1v) is 18.6. The van der Waals surface area contributed by atoms with Gasteiger partial charge in [-0.15, -0.1) is 5.10 Å². The number of piperidine rings is 1. The summed E-state index contributed by atoms with van der Waals surface area (Å²) in [5, 5.41) is 17.9. The molecule has 13 nitrogen and oxygen atoms in total. The highest BCUT2D eigenvalue weighted by Crippen LogP contribution is 2.28. The zero-order valence-electron chi connectivity index (χ0n) is 27.2. The highest BCUT2D eigenvalue weighted by Gasteiger charge is 2.30. The fourth-order valence-electron chi connectivity index (χ4n) is 6.63. The molecule has 1 saturated heterocycles. The summed E-state index contributed by atoms with van der Waals surface area (Å²) in [7, 11) is -3.34. The van der Waals surface area contributed by atoms with Gasteiger partial charge in [-0.25, -0.2) is 22.7 Å². The molecule has 2 fully saturated rings. The van der Waals surface area contributed by atoms with E-state index in [2.05, 4.69) is 36.2 Å². The zero-order chi connectivity index (χ0) is 33.5. The second-order valence-electron chi connectivity index (χ2n) is 12.9. The molecule has 2 atom stereocenters. The number of carbonyl (C=O) groups is 2. The maximum absolute atomic E-state index is 13.5. The Kier molecular flexibility index (Phi) is 10.6. The summed E-state index contributed by atoms with van der Waals surface area (Å²) < 4.78 is 27.3. The molecule has 14 heteroatoms. The Balaban J connectivity index is 1.09. The lowest BCUT2D eigenvalue weighted by Crippen LogP contribution is -2.54. The van der Waals surface area contributed by atoms with E-state index in [0.29, 0.717) is 60.8 Å². The lowest BCUT2D eigenvalue weighted by atomic mass is 9.85. The fourth-order valence-corrected chi connectivity index (χ4v) is 7.54. The molecule has 1 aliphatic carbocycles. The van der Waals surface area contributed by atoms with Crippen molar-refractivity contribution in [2.24, 2.45) is 5.92 Å². The van der Waals surface area contributed by atoms with E-state index in [4.69, 9.17) is 0 Å². The van der Waals surface area contributed by atoms with E-state index in [0.717, 1.165) is 30.5 Å². The molecule has 254 valence electrons. The van der Waals surface area contributed by atoms with E-state index < -0.39 is 16.1 Å². The highest BCUT2D eigenvalue weighted by atomic mass is 32.2. The van der Waals surface area contributed by atoms with Gasteiger partial charge in [0.05, 0.1) is 11.9 Å². The number of hydrogen-bond acceptors (Lipinski definition) is 9. The summed E-state index contributed by atoms with van der Waals surface area (Å²) in [4.78, 5) is 35.7. The molecule has 3 N–H and O–H groups in total. The topological polar surface area (TPSA) is 164 Å². The van der Waals surface area contributed by atoms with Gasteiger partial charge in [0.15, 0.2) is 17.0 Å². The van der Waals surface area contributed by atoms with Gasteiger partial charge in [-0.2, -0.15) is 4.68 Å². The predicted molar refractivity (Wildman–Crippen MR) is 183 cm³/mol. The normalized spacial score (nSPS) is 18.3. The van der Waals surface area contributed by atoms with Crippen molar-refractivity contribution in [3.63, 3.8) is 0 Å². The van der Waals surface area contributed by atoms with Gasteiger partial charge in [-0.05, 0) is 61.4 Å². The van der Waals surface area contributed by atoms with Crippen molar-refractivity contribution in [1.29, 1.82) is 0 Å². The first-order chi connectivity index (χ1) is 23.2. The molecule has 0 bridgehead atoms. The van der Waals surface area contributed by atoms with Crippen LogP contribution in [0.4, 0.5) is 5.82 Å². The number of para-hydroxylation sites is 1. The van der Waals surface area contributed by atoms with E-state index in [-0.39, 0.29) is 24.4 Å². The third kappa shape index (κ3) is 8.34. The average Bonchev–Trinajstić information content (AvgIpc) is 3.55. The van der Waals surface area contributed by atoms with Crippen molar-refractivity contribution in [3.05, 3.63) is 72.1 Å². The largest absolute Gasteiger partial charge is 0.364 e. The van der Waals surface area contributed by atoms with Crippen molar-refractivity contribution in [3.8, 4) is 5.69 Å². The van der Waals surface area contributed by atoms with Crippen LogP contribution >= 0.6 is 0 Å². The Labute approximate surface area is 281 Å². The van der Waals surface area contributed by atoms with E-state index in [1.165, 1.54) is 36.2 Å². The molecule has 2 unspecified atom stereocenters. The van der Waals surface area contributed by atoms with Crippen molar-refractivity contribution in [2.75, 3.05) is 24.7 Å². The molecular weight excluding hydrogens is 630 g/mol. The van der Waals surface area contributed by atoms with Gasteiger partial charge in [-0.3, -0.25) is 9.59 Å². The third-order valence-electron chi connectivity index (χ3n) is 9.32. The van der Waals surface area contributed by atoms with Gasteiger partial charge in [0.2, 0.25) is 15.9 Å². The fraction of sp³-hybridized carbons (Fsp3) is 0.471. The summed E-state index contributed by atoms with van der Waals surface area (Å²) >= 11 is 0. The van der Waals surface area contributed by atoms with Gasteiger partial charge in [0.25, 0.3) is 5.91 Å². The Morgan fingerprint density at radius 1 is 0.958 bits per heavy atom. The Hall–Kier alpha value is -4.43. The second-order valence-corrected chi connectivity index (χ2v) is 14.8. The molecule has 48 heavy (non-hydrogen) atoms. The number of nitrogens with one attached hydrogen (secondary N) is 3. The minimum absolute atomic E-state index is 0.245. The van der Waals surface area contributed by atoms with Crippen LogP contribution in [0.25, 0.3) is 16.9 Å². The summed E-state index contributed by atoms with van der Waals surface area (Å²) in [6, 6.07) is 15.8. The highest BCUT2D eigenvalue weighted by molar-refractivity contribution is 7.88. The van der Waals surface area contributed by atoms with Crippen LogP contribution < -0.4 is 16.0 Å². The number of benzene rings is 2. The van der Waals surface area contributed by atoms with E-state index in [1.54, 1.807) is 16.8 Å². The van der Waals surface area contributed by atoms with Crippen LogP contribution in [-0.4, -0.2) is 80.9 Å². The van der Waals surface area contributed by atoms with Crippen molar-refractivity contribution >= 4 is 38.8 Å². The predicted octanol–water partition coefficient (Wildman–Crippen LogP) is 3.82. The minimum atomic E-state index is -3.34. The number of anilines is 1. The number of amides is 2. The molecule has 0 radical (unpaired) electrons. The van der Waals surface area contributed by atoms with E-state index in [9.17, 15) is 18.0 Å². The van der Waals surface area contributed by atoms with Gasteiger partial charge >= 0.3 is 0 Å². The molecule has 2 amide bonds. The van der Waals surface area contributed by atoms with Crippen LogP contribution in [0.15, 0.2) is 60.9 Å². The van der Waals surface area contributed by atoms with Crippen molar-refractivity contribution < 1.29 is 18.0 Å². The van der Waals surface area contributed by atoms with Crippen molar-refractivity contribution in [1.82, 2.24) is 39.9 Å². The Bertz CT molecular complexity index is 1810. The lowest BCUT2D eigenvalue weighted by Gasteiger charge is -2.32. The molecule has 1 aliphatic heterocycles. The molecule has 1 saturated carbocycles. The van der Waals surface area contributed by atoms with Crippen LogP contribution in [-0.2, 0) is 21.4 Å². The Morgan fingerprint density at radius 3 is 2.48 bits per heavy atom. The monoisotopic (exact) mass is 673 g/mol. The maximum Gasteiger partial charge on any atom is 0.251 e. The molecule has 6 rings (SSSR count). The number of rotatable bonds is 12. The average molecular weight is 674 g/mol.